The normalized spacial score (nSPS) is 22.2. The molecule has 0 aliphatic carbocycles. The van der Waals surface area contributed by atoms with E-state index in [1.165, 1.54) is 0 Å². The minimum absolute atomic E-state index is 0.476. The van der Waals surface area contributed by atoms with E-state index in [4.69, 9.17) is 20.1 Å². The highest BCUT2D eigenvalue weighted by Gasteiger charge is 2.08. The summed E-state index contributed by atoms with van der Waals surface area (Å²) in [5.41, 5.74) is 0. The number of hydrogen-bond donors (Lipinski definition) is 2. The fourth-order valence-electron chi connectivity index (χ4n) is 0.882. The van der Waals surface area contributed by atoms with Crippen molar-refractivity contribution >= 4 is 0 Å². The Balaban J connectivity index is 0.000000261. The average Bonchev–Trinajstić information content (AvgIpc) is 2.05. The molecule has 1 saturated heterocycles. The predicted molar refractivity (Wildman–Crippen MR) is 41.7 cm³/mol. The molecule has 6 heteroatoms. The lowest BCUT2D eigenvalue weighted by atomic mass is 10.2. The Kier molecular flexibility index (Phi) is 6.31. The zero-order valence-corrected chi connectivity index (χ0v) is 7.02. The summed E-state index contributed by atoms with van der Waals surface area (Å²) in [4.78, 5) is 8.36. The van der Waals surface area contributed by atoms with Gasteiger partial charge in [0.2, 0.25) is 0 Å². The lowest BCUT2D eigenvalue weighted by Crippen LogP contribution is -2.37. The van der Waals surface area contributed by atoms with Gasteiger partial charge in [0.05, 0.1) is 12.7 Å². The molecule has 1 heterocycles. The fraction of sp³-hybridized carbons (Fsp3) is 1.00. The van der Waals surface area contributed by atoms with Crippen LogP contribution >= 0.6 is 0 Å². The molecule has 0 saturated carbocycles. The van der Waals surface area contributed by atoms with Crippen LogP contribution in [0.1, 0.15) is 13.3 Å². The third kappa shape index (κ3) is 7.23. The first kappa shape index (κ1) is 11.1. The van der Waals surface area contributed by atoms with Crippen molar-refractivity contribution in [3.05, 3.63) is 10.1 Å². The summed E-state index contributed by atoms with van der Waals surface area (Å²) >= 11 is 0. The van der Waals surface area contributed by atoms with Crippen LogP contribution in [0.5, 0.6) is 0 Å². The first-order valence-corrected chi connectivity index (χ1v) is 3.82. The van der Waals surface area contributed by atoms with Crippen LogP contribution in [0.4, 0.5) is 0 Å². The topological polar surface area (TPSA) is 84.6 Å². The molecule has 1 aliphatic heterocycles. The highest BCUT2D eigenvalue weighted by atomic mass is 16.9. The molecule has 1 unspecified atom stereocenters. The molecule has 0 amide bonds. The van der Waals surface area contributed by atoms with Crippen LogP contribution in [-0.2, 0) is 4.74 Å². The second kappa shape index (κ2) is 6.81. The second-order valence-electron chi connectivity index (χ2n) is 2.34. The van der Waals surface area contributed by atoms with Gasteiger partial charge in [0.1, 0.15) is 0 Å². The third-order valence-electron chi connectivity index (χ3n) is 1.46. The van der Waals surface area contributed by atoms with Gasteiger partial charge in [-0.15, -0.1) is 10.1 Å². The lowest BCUT2D eigenvalue weighted by Gasteiger charge is -2.21. The highest BCUT2D eigenvalue weighted by Crippen LogP contribution is 1.98. The van der Waals surface area contributed by atoms with Crippen LogP contribution in [0.15, 0.2) is 0 Å². The summed E-state index contributed by atoms with van der Waals surface area (Å²) in [5.74, 6) is 0. The number of rotatable bonds is 1. The molecular formula is C6H14N2O4. The molecule has 0 aromatic heterocycles. The van der Waals surface area contributed by atoms with Crippen molar-refractivity contribution in [1.29, 1.82) is 0 Å². The number of nitrogens with zero attached hydrogens (tertiary/aromatic N) is 1. The maximum Gasteiger partial charge on any atom is 0.291 e. The van der Waals surface area contributed by atoms with Crippen molar-refractivity contribution in [1.82, 2.24) is 5.32 Å². The monoisotopic (exact) mass is 178 g/mol. The SMILES string of the molecule is CCC1CNCCO1.O=[N+]([O-])O. The van der Waals surface area contributed by atoms with Crippen LogP contribution in [-0.4, -0.2) is 36.1 Å². The summed E-state index contributed by atoms with van der Waals surface area (Å²) in [5, 5.41) is 16.9. The minimum Gasteiger partial charge on any atom is -0.376 e. The number of nitrogens with one attached hydrogen (secondary N) is 1. The van der Waals surface area contributed by atoms with E-state index >= 15 is 0 Å². The summed E-state index contributed by atoms with van der Waals surface area (Å²) < 4.78 is 5.36. The molecule has 0 aromatic carbocycles. The van der Waals surface area contributed by atoms with Gasteiger partial charge in [-0.1, -0.05) is 6.92 Å². The Morgan fingerprint density at radius 2 is 2.42 bits per heavy atom. The Morgan fingerprint density at radius 3 is 2.67 bits per heavy atom. The highest BCUT2D eigenvalue weighted by molar-refractivity contribution is 4.63. The van der Waals surface area contributed by atoms with E-state index in [1.54, 1.807) is 0 Å². The molecular weight excluding hydrogens is 164 g/mol. The van der Waals surface area contributed by atoms with Crippen molar-refractivity contribution in [2.45, 2.75) is 19.4 Å². The van der Waals surface area contributed by atoms with Gasteiger partial charge in [0.25, 0.3) is 5.09 Å². The first-order valence-electron chi connectivity index (χ1n) is 3.82. The number of ether oxygens (including phenoxy) is 1. The molecule has 0 aromatic rings. The van der Waals surface area contributed by atoms with Crippen LogP contribution < -0.4 is 5.32 Å². The van der Waals surface area contributed by atoms with Crippen molar-refractivity contribution < 1.29 is 15.0 Å². The Hall–Kier alpha value is -0.880. The molecule has 72 valence electrons. The van der Waals surface area contributed by atoms with E-state index < -0.39 is 5.09 Å². The molecule has 1 rings (SSSR count). The summed E-state index contributed by atoms with van der Waals surface area (Å²) in [6.45, 7) is 5.10. The summed E-state index contributed by atoms with van der Waals surface area (Å²) in [6, 6.07) is 0. The number of morpholine rings is 1. The Labute approximate surface area is 70.6 Å². The van der Waals surface area contributed by atoms with Gasteiger partial charge in [0, 0.05) is 13.1 Å². The van der Waals surface area contributed by atoms with E-state index in [-0.39, 0.29) is 0 Å². The van der Waals surface area contributed by atoms with E-state index in [1.807, 2.05) is 0 Å². The zero-order chi connectivity index (χ0) is 9.40. The van der Waals surface area contributed by atoms with E-state index in [2.05, 4.69) is 12.2 Å². The van der Waals surface area contributed by atoms with E-state index in [9.17, 15) is 0 Å². The molecule has 6 nitrogen and oxygen atoms in total. The molecule has 0 radical (unpaired) electrons. The predicted octanol–water partition coefficient (Wildman–Crippen LogP) is 0.0371. The van der Waals surface area contributed by atoms with Crippen molar-refractivity contribution in [3.8, 4) is 0 Å². The zero-order valence-electron chi connectivity index (χ0n) is 7.02. The van der Waals surface area contributed by atoms with E-state index in [0.717, 1.165) is 26.1 Å². The summed E-state index contributed by atoms with van der Waals surface area (Å²) in [7, 11) is 0. The molecule has 0 bridgehead atoms. The van der Waals surface area contributed by atoms with Crippen molar-refractivity contribution in [3.63, 3.8) is 0 Å². The van der Waals surface area contributed by atoms with Gasteiger partial charge in [-0.05, 0) is 6.42 Å². The van der Waals surface area contributed by atoms with Crippen LogP contribution in [0.25, 0.3) is 0 Å². The van der Waals surface area contributed by atoms with Crippen LogP contribution in [0, 0.1) is 10.1 Å². The molecule has 1 aliphatic rings. The first-order chi connectivity index (χ1) is 5.66. The molecule has 12 heavy (non-hydrogen) atoms. The maximum atomic E-state index is 8.36. The quantitative estimate of drug-likeness (QED) is 0.437. The van der Waals surface area contributed by atoms with Gasteiger partial charge >= 0.3 is 0 Å². The third-order valence-corrected chi connectivity index (χ3v) is 1.46. The lowest BCUT2D eigenvalue weighted by molar-refractivity contribution is -0.742. The van der Waals surface area contributed by atoms with Gasteiger partial charge < -0.3 is 15.3 Å². The standard InChI is InChI=1S/C6H13NO.HNO3/c1-2-6-5-7-3-4-8-6;2-1(3)4/h6-7H,2-5H2,1H3;(H,2,3,4). The second-order valence-corrected chi connectivity index (χ2v) is 2.34. The maximum absolute atomic E-state index is 8.36. The average molecular weight is 178 g/mol. The molecule has 1 atom stereocenters. The van der Waals surface area contributed by atoms with Gasteiger partial charge in [0.15, 0.2) is 0 Å². The molecule has 1 fully saturated rings. The van der Waals surface area contributed by atoms with Gasteiger partial charge in [-0.2, -0.15) is 0 Å². The molecule has 2 N–H and O–H groups in total. The number of hydrogen-bond acceptors (Lipinski definition) is 4. The summed E-state index contributed by atoms with van der Waals surface area (Å²) in [6.07, 6.45) is 1.61. The Morgan fingerprint density at radius 1 is 1.83 bits per heavy atom. The van der Waals surface area contributed by atoms with E-state index in [0.29, 0.717) is 6.10 Å². The van der Waals surface area contributed by atoms with Gasteiger partial charge in [-0.25, -0.2) is 0 Å². The van der Waals surface area contributed by atoms with Gasteiger partial charge in [-0.3, -0.25) is 0 Å². The fourth-order valence-corrected chi connectivity index (χ4v) is 0.882. The largest absolute Gasteiger partial charge is 0.376 e. The Bertz CT molecular complexity index is 121. The smallest absolute Gasteiger partial charge is 0.291 e. The van der Waals surface area contributed by atoms with Crippen LogP contribution in [0.2, 0.25) is 0 Å². The van der Waals surface area contributed by atoms with Crippen LogP contribution in [0.3, 0.4) is 0 Å². The van der Waals surface area contributed by atoms with Crippen molar-refractivity contribution in [2.75, 3.05) is 19.7 Å². The van der Waals surface area contributed by atoms with Crippen molar-refractivity contribution in [2.24, 2.45) is 0 Å². The molecule has 0 spiro atoms. The minimum atomic E-state index is -1.50.